The SMILES string of the molecule is CN=C(N)NC(=O)c1cc2c(Cl)cc(OC)cc2[nH]1. The van der Waals surface area contributed by atoms with Gasteiger partial charge in [0.1, 0.15) is 11.4 Å². The molecule has 0 saturated carbocycles. The molecule has 0 unspecified atom stereocenters. The number of aliphatic imine (C=N–C) groups is 1. The maximum absolute atomic E-state index is 11.9. The van der Waals surface area contributed by atoms with Gasteiger partial charge in [-0.3, -0.25) is 15.1 Å². The lowest BCUT2D eigenvalue weighted by molar-refractivity contribution is 0.0972. The summed E-state index contributed by atoms with van der Waals surface area (Å²) in [6, 6.07) is 5.09. The first-order chi connectivity index (χ1) is 9.05. The van der Waals surface area contributed by atoms with E-state index in [1.807, 2.05) is 0 Å². The number of hydrogen-bond donors (Lipinski definition) is 3. The Morgan fingerprint density at radius 3 is 2.84 bits per heavy atom. The quantitative estimate of drug-likeness (QED) is 0.575. The van der Waals surface area contributed by atoms with Gasteiger partial charge < -0.3 is 15.5 Å². The average Bonchev–Trinajstić information content (AvgIpc) is 2.82. The summed E-state index contributed by atoms with van der Waals surface area (Å²) >= 11 is 6.11. The van der Waals surface area contributed by atoms with E-state index in [0.29, 0.717) is 22.0 Å². The Kier molecular flexibility index (Phi) is 3.62. The first-order valence-electron chi connectivity index (χ1n) is 5.45. The van der Waals surface area contributed by atoms with Gasteiger partial charge >= 0.3 is 0 Å². The molecule has 1 amide bonds. The average molecular weight is 281 g/mol. The van der Waals surface area contributed by atoms with Crippen molar-refractivity contribution in [2.24, 2.45) is 10.7 Å². The molecule has 19 heavy (non-hydrogen) atoms. The van der Waals surface area contributed by atoms with E-state index < -0.39 is 0 Å². The zero-order valence-corrected chi connectivity index (χ0v) is 11.2. The molecule has 1 aromatic heterocycles. The second-order valence-electron chi connectivity index (χ2n) is 3.82. The maximum atomic E-state index is 11.9. The van der Waals surface area contributed by atoms with E-state index in [-0.39, 0.29) is 11.9 Å². The standard InChI is InChI=1S/C12H13ClN4O2/c1-15-12(14)17-11(18)10-5-7-8(13)3-6(19-2)4-9(7)16-10/h3-5,16H,1-2H3,(H3,14,15,17,18). The number of nitrogens with zero attached hydrogens (tertiary/aromatic N) is 1. The van der Waals surface area contributed by atoms with E-state index in [1.54, 1.807) is 25.3 Å². The van der Waals surface area contributed by atoms with Crippen LogP contribution in [0.15, 0.2) is 23.2 Å². The normalized spacial score (nSPS) is 11.6. The molecule has 4 N–H and O–H groups in total. The van der Waals surface area contributed by atoms with Crippen LogP contribution in [-0.2, 0) is 0 Å². The van der Waals surface area contributed by atoms with E-state index in [0.717, 1.165) is 5.39 Å². The highest BCUT2D eigenvalue weighted by Gasteiger charge is 2.13. The molecule has 1 aromatic carbocycles. The lowest BCUT2D eigenvalue weighted by Gasteiger charge is -2.00. The van der Waals surface area contributed by atoms with E-state index >= 15 is 0 Å². The van der Waals surface area contributed by atoms with Crippen molar-refractivity contribution in [2.75, 3.05) is 14.2 Å². The molecule has 0 bridgehead atoms. The number of ether oxygens (including phenoxy) is 1. The minimum atomic E-state index is -0.380. The number of methoxy groups -OCH3 is 1. The number of carbonyl (C=O) groups is 1. The van der Waals surface area contributed by atoms with Crippen molar-refractivity contribution >= 4 is 34.4 Å². The summed E-state index contributed by atoms with van der Waals surface area (Å²) in [5.41, 5.74) is 6.49. The van der Waals surface area contributed by atoms with Gasteiger partial charge in [-0.05, 0) is 12.1 Å². The van der Waals surface area contributed by atoms with Crippen LogP contribution in [0, 0.1) is 0 Å². The molecule has 1 heterocycles. The maximum Gasteiger partial charge on any atom is 0.274 e. The van der Waals surface area contributed by atoms with Crippen molar-refractivity contribution in [1.29, 1.82) is 0 Å². The number of fused-ring (bicyclic) bond motifs is 1. The first-order valence-corrected chi connectivity index (χ1v) is 5.82. The number of guanidine groups is 1. The number of amides is 1. The molecule has 0 fully saturated rings. The molecule has 7 heteroatoms. The third-order valence-corrected chi connectivity index (χ3v) is 2.94. The third kappa shape index (κ3) is 2.63. The van der Waals surface area contributed by atoms with Crippen molar-refractivity contribution in [3.63, 3.8) is 0 Å². The third-order valence-electron chi connectivity index (χ3n) is 2.62. The number of benzene rings is 1. The first kappa shape index (κ1) is 13.2. The molecule has 0 aliphatic carbocycles. The number of aromatic amines is 1. The molecule has 0 atom stereocenters. The molecular weight excluding hydrogens is 268 g/mol. The van der Waals surface area contributed by atoms with Gasteiger partial charge in [0.15, 0.2) is 5.96 Å². The molecule has 100 valence electrons. The largest absolute Gasteiger partial charge is 0.497 e. The summed E-state index contributed by atoms with van der Waals surface area (Å²) in [7, 11) is 3.04. The zero-order chi connectivity index (χ0) is 14.0. The fourth-order valence-electron chi connectivity index (χ4n) is 1.65. The summed E-state index contributed by atoms with van der Waals surface area (Å²) in [5.74, 6) is 0.280. The predicted octanol–water partition coefficient (Wildman–Crippen LogP) is 1.50. The van der Waals surface area contributed by atoms with E-state index in [1.165, 1.54) is 7.05 Å². The van der Waals surface area contributed by atoms with Crippen LogP contribution in [0.2, 0.25) is 5.02 Å². The molecule has 2 aromatic rings. The van der Waals surface area contributed by atoms with Gasteiger partial charge in [0.05, 0.1) is 17.6 Å². The van der Waals surface area contributed by atoms with Crippen LogP contribution in [0.4, 0.5) is 0 Å². The molecule has 0 aliphatic rings. The van der Waals surface area contributed by atoms with Crippen LogP contribution in [0.5, 0.6) is 5.75 Å². The van der Waals surface area contributed by atoms with Crippen LogP contribution in [0.1, 0.15) is 10.5 Å². The van der Waals surface area contributed by atoms with Gasteiger partial charge in [-0.2, -0.15) is 0 Å². The molecule has 6 nitrogen and oxygen atoms in total. The topological polar surface area (TPSA) is 92.5 Å². The summed E-state index contributed by atoms with van der Waals surface area (Å²) in [5, 5.41) is 3.68. The number of H-pyrrole nitrogens is 1. The van der Waals surface area contributed by atoms with Crippen molar-refractivity contribution in [1.82, 2.24) is 10.3 Å². The predicted molar refractivity (Wildman–Crippen MR) is 74.9 cm³/mol. The van der Waals surface area contributed by atoms with E-state index in [9.17, 15) is 4.79 Å². The molecular formula is C12H13ClN4O2. The smallest absolute Gasteiger partial charge is 0.274 e. The number of aromatic nitrogens is 1. The van der Waals surface area contributed by atoms with Crippen molar-refractivity contribution in [3.05, 3.63) is 28.9 Å². The van der Waals surface area contributed by atoms with Gasteiger partial charge in [0, 0.05) is 18.5 Å². The second-order valence-corrected chi connectivity index (χ2v) is 4.22. The van der Waals surface area contributed by atoms with Crippen LogP contribution < -0.4 is 15.8 Å². The van der Waals surface area contributed by atoms with Crippen LogP contribution in [0.3, 0.4) is 0 Å². The number of nitrogens with two attached hydrogens (primary N) is 1. The lowest BCUT2D eigenvalue weighted by atomic mass is 10.2. The molecule has 0 spiro atoms. The van der Waals surface area contributed by atoms with E-state index in [2.05, 4.69) is 15.3 Å². The van der Waals surface area contributed by atoms with Gasteiger partial charge in [-0.25, -0.2) is 0 Å². The monoisotopic (exact) mass is 280 g/mol. The zero-order valence-electron chi connectivity index (χ0n) is 10.5. The van der Waals surface area contributed by atoms with Gasteiger partial charge in [0.25, 0.3) is 5.91 Å². The van der Waals surface area contributed by atoms with Gasteiger partial charge in [0.2, 0.25) is 0 Å². The van der Waals surface area contributed by atoms with Crippen LogP contribution in [-0.4, -0.2) is 31.0 Å². The molecule has 0 aliphatic heterocycles. The van der Waals surface area contributed by atoms with Crippen molar-refractivity contribution < 1.29 is 9.53 Å². The Balaban J connectivity index is 2.41. The summed E-state index contributed by atoms with van der Waals surface area (Å²) in [6.07, 6.45) is 0. The number of nitrogens with one attached hydrogen (secondary N) is 2. The minimum Gasteiger partial charge on any atom is -0.497 e. The fraction of sp³-hybridized carbons (Fsp3) is 0.167. The summed E-state index contributed by atoms with van der Waals surface area (Å²) in [4.78, 5) is 18.5. The van der Waals surface area contributed by atoms with Crippen LogP contribution >= 0.6 is 11.6 Å². The van der Waals surface area contributed by atoms with Gasteiger partial charge in [-0.1, -0.05) is 11.6 Å². The van der Waals surface area contributed by atoms with Gasteiger partial charge in [-0.15, -0.1) is 0 Å². The Morgan fingerprint density at radius 1 is 1.47 bits per heavy atom. The highest BCUT2D eigenvalue weighted by molar-refractivity contribution is 6.35. The van der Waals surface area contributed by atoms with Crippen molar-refractivity contribution in [3.8, 4) is 5.75 Å². The molecule has 0 saturated heterocycles. The Bertz CT molecular complexity index is 663. The Labute approximate surface area is 114 Å². The highest BCUT2D eigenvalue weighted by Crippen LogP contribution is 2.29. The Morgan fingerprint density at radius 2 is 2.21 bits per heavy atom. The summed E-state index contributed by atoms with van der Waals surface area (Å²) < 4.78 is 5.11. The number of carbonyl (C=O) groups excluding carboxylic acids is 1. The molecule has 0 radical (unpaired) electrons. The second kappa shape index (κ2) is 5.19. The lowest BCUT2D eigenvalue weighted by Crippen LogP contribution is -2.36. The summed E-state index contributed by atoms with van der Waals surface area (Å²) in [6.45, 7) is 0. The number of hydrogen-bond acceptors (Lipinski definition) is 3. The minimum absolute atomic E-state index is 0.0485. The van der Waals surface area contributed by atoms with Crippen molar-refractivity contribution in [2.45, 2.75) is 0 Å². The fourth-order valence-corrected chi connectivity index (χ4v) is 1.91. The van der Waals surface area contributed by atoms with E-state index in [4.69, 9.17) is 22.1 Å². The molecule has 2 rings (SSSR count). The highest BCUT2D eigenvalue weighted by atomic mass is 35.5. The van der Waals surface area contributed by atoms with Crippen LogP contribution in [0.25, 0.3) is 10.9 Å². The number of halogens is 1. The number of rotatable bonds is 2. The Hall–Kier alpha value is -2.21.